The van der Waals surface area contributed by atoms with Crippen LogP contribution in [-0.2, 0) is 10.5 Å². The second-order valence-electron chi connectivity index (χ2n) is 7.33. The average molecular weight is 441 g/mol. The molecule has 1 unspecified atom stereocenters. The van der Waals surface area contributed by atoms with Crippen molar-refractivity contribution in [3.05, 3.63) is 81.8 Å². The third-order valence-electron chi connectivity index (χ3n) is 5.29. The molecule has 8 heteroatoms. The molecule has 0 bridgehead atoms. The largest absolute Gasteiger partial charge is 0.328 e. The van der Waals surface area contributed by atoms with E-state index in [1.807, 2.05) is 30.3 Å². The van der Waals surface area contributed by atoms with Crippen LogP contribution in [0.25, 0.3) is 0 Å². The molecule has 1 aromatic heterocycles. The first-order valence-corrected chi connectivity index (χ1v) is 11.1. The van der Waals surface area contributed by atoms with Crippen molar-refractivity contribution >= 4 is 35.1 Å². The number of hydrogen-bond donors (Lipinski definition) is 1. The highest BCUT2D eigenvalue weighted by molar-refractivity contribution is 7.98. The lowest BCUT2D eigenvalue weighted by molar-refractivity contribution is -0.116. The molecule has 2 aliphatic rings. The van der Waals surface area contributed by atoms with Crippen molar-refractivity contribution < 1.29 is 9.18 Å². The van der Waals surface area contributed by atoms with Gasteiger partial charge in [0.15, 0.2) is 5.78 Å². The van der Waals surface area contributed by atoms with E-state index in [9.17, 15) is 9.18 Å². The minimum absolute atomic E-state index is 0.138. The molecule has 1 aliphatic heterocycles. The molecule has 2 heterocycles. The van der Waals surface area contributed by atoms with Crippen LogP contribution < -0.4 is 5.32 Å². The Bertz CT molecular complexity index is 1160. The van der Waals surface area contributed by atoms with Crippen molar-refractivity contribution in [2.24, 2.45) is 0 Å². The Balaban J connectivity index is 1.50. The maximum absolute atomic E-state index is 13.5. The summed E-state index contributed by atoms with van der Waals surface area (Å²) in [6.45, 7) is 0. The predicted octanol–water partition coefficient (Wildman–Crippen LogP) is 5.38. The number of halogens is 2. The standard InChI is InChI=1S/C22H18ClFN4OS/c23-15-9-7-14(8-10-15)20-19-17(5-2-6-18(19)29)25-21-26-22(27-28(20)21)30-12-13-3-1-4-16(24)11-13/h1,3-4,7-11,20H,2,5-6,12H2,(H,25,26,27). The number of rotatable bonds is 4. The zero-order chi connectivity index (χ0) is 20.7. The lowest BCUT2D eigenvalue weighted by atomic mass is 9.85. The molecule has 0 saturated heterocycles. The molecule has 1 N–H and O–H groups in total. The molecule has 1 atom stereocenters. The molecule has 0 saturated carbocycles. The van der Waals surface area contributed by atoms with Crippen LogP contribution in [0.3, 0.4) is 0 Å². The van der Waals surface area contributed by atoms with Crippen LogP contribution in [0.4, 0.5) is 10.3 Å². The van der Waals surface area contributed by atoms with Gasteiger partial charge in [-0.25, -0.2) is 9.07 Å². The van der Waals surface area contributed by atoms with Crippen molar-refractivity contribution in [3.8, 4) is 0 Å². The van der Waals surface area contributed by atoms with Crippen LogP contribution in [0.2, 0.25) is 5.02 Å². The minimum atomic E-state index is -0.336. The van der Waals surface area contributed by atoms with Gasteiger partial charge in [-0.05, 0) is 48.2 Å². The Morgan fingerprint density at radius 2 is 2.03 bits per heavy atom. The Morgan fingerprint density at radius 1 is 1.20 bits per heavy atom. The molecule has 2 aromatic carbocycles. The number of anilines is 1. The summed E-state index contributed by atoms with van der Waals surface area (Å²) < 4.78 is 15.2. The fraction of sp³-hybridized carbons (Fsp3) is 0.227. The second kappa shape index (κ2) is 7.89. The van der Waals surface area contributed by atoms with E-state index < -0.39 is 0 Å². The summed E-state index contributed by atoms with van der Waals surface area (Å²) in [4.78, 5) is 17.4. The first kappa shape index (κ1) is 19.3. The summed E-state index contributed by atoms with van der Waals surface area (Å²) in [6.07, 6.45) is 2.17. The van der Waals surface area contributed by atoms with E-state index in [1.165, 1.54) is 23.9 Å². The van der Waals surface area contributed by atoms with Gasteiger partial charge in [-0.1, -0.05) is 47.6 Å². The molecule has 0 spiro atoms. The normalized spacial score (nSPS) is 18.1. The number of thioether (sulfide) groups is 1. The van der Waals surface area contributed by atoms with Crippen LogP contribution in [0, 0.1) is 5.82 Å². The quantitative estimate of drug-likeness (QED) is 0.551. The molecule has 0 fully saturated rings. The molecule has 0 radical (unpaired) electrons. The number of nitrogens with zero attached hydrogens (tertiary/aromatic N) is 3. The van der Waals surface area contributed by atoms with Crippen LogP contribution >= 0.6 is 23.4 Å². The highest BCUT2D eigenvalue weighted by atomic mass is 35.5. The number of ketones is 1. The molecule has 152 valence electrons. The number of carbonyl (C=O) groups excluding carboxylic acids is 1. The zero-order valence-electron chi connectivity index (χ0n) is 15.9. The Labute approximate surface area is 182 Å². The highest BCUT2D eigenvalue weighted by Gasteiger charge is 2.36. The number of aromatic nitrogens is 3. The lowest BCUT2D eigenvalue weighted by Gasteiger charge is -2.32. The summed E-state index contributed by atoms with van der Waals surface area (Å²) in [5.41, 5.74) is 3.48. The molecular formula is C22H18ClFN4OS. The molecule has 5 nitrogen and oxygen atoms in total. The molecule has 1 aliphatic carbocycles. The fourth-order valence-corrected chi connectivity index (χ4v) is 4.82. The van der Waals surface area contributed by atoms with E-state index in [1.54, 1.807) is 10.7 Å². The molecule has 3 aromatic rings. The van der Waals surface area contributed by atoms with Crippen LogP contribution in [0.15, 0.2) is 65.0 Å². The predicted molar refractivity (Wildman–Crippen MR) is 115 cm³/mol. The van der Waals surface area contributed by atoms with Crippen molar-refractivity contribution in [1.82, 2.24) is 14.8 Å². The number of allylic oxidation sites excluding steroid dienone is 2. The summed E-state index contributed by atoms with van der Waals surface area (Å²) in [6, 6.07) is 13.7. The van der Waals surface area contributed by atoms with Gasteiger partial charge in [-0.15, -0.1) is 5.10 Å². The number of fused-ring (bicyclic) bond motifs is 1. The van der Waals surface area contributed by atoms with Gasteiger partial charge in [0.2, 0.25) is 11.1 Å². The smallest absolute Gasteiger partial charge is 0.227 e. The zero-order valence-corrected chi connectivity index (χ0v) is 17.5. The number of benzene rings is 2. The van der Waals surface area contributed by atoms with Crippen molar-refractivity contribution in [1.29, 1.82) is 0 Å². The monoisotopic (exact) mass is 440 g/mol. The van der Waals surface area contributed by atoms with Crippen molar-refractivity contribution in [2.75, 3.05) is 5.32 Å². The van der Waals surface area contributed by atoms with E-state index in [0.717, 1.165) is 35.2 Å². The van der Waals surface area contributed by atoms with Gasteiger partial charge < -0.3 is 5.32 Å². The van der Waals surface area contributed by atoms with E-state index in [0.29, 0.717) is 28.3 Å². The number of nitrogens with one attached hydrogen (secondary N) is 1. The Kier molecular flexibility index (Phi) is 5.08. The van der Waals surface area contributed by atoms with Crippen molar-refractivity contribution in [2.45, 2.75) is 36.2 Å². The van der Waals surface area contributed by atoms with E-state index in [4.69, 9.17) is 11.6 Å². The topological polar surface area (TPSA) is 59.8 Å². The summed E-state index contributed by atoms with van der Waals surface area (Å²) >= 11 is 7.51. The Morgan fingerprint density at radius 3 is 2.83 bits per heavy atom. The second-order valence-corrected chi connectivity index (χ2v) is 8.71. The molecular weight excluding hydrogens is 423 g/mol. The van der Waals surface area contributed by atoms with E-state index in [-0.39, 0.29) is 17.6 Å². The first-order valence-electron chi connectivity index (χ1n) is 9.71. The van der Waals surface area contributed by atoms with Crippen LogP contribution in [0.5, 0.6) is 0 Å². The van der Waals surface area contributed by atoms with Gasteiger partial charge in [0.1, 0.15) is 11.9 Å². The molecule has 5 rings (SSSR count). The average Bonchev–Trinajstić information content (AvgIpc) is 3.14. The van der Waals surface area contributed by atoms with Gasteiger partial charge in [-0.2, -0.15) is 4.98 Å². The van der Waals surface area contributed by atoms with Gasteiger partial charge >= 0.3 is 0 Å². The van der Waals surface area contributed by atoms with E-state index >= 15 is 0 Å². The maximum Gasteiger partial charge on any atom is 0.227 e. The Hall–Kier alpha value is -2.64. The van der Waals surface area contributed by atoms with Gasteiger partial charge in [0.05, 0.1) is 0 Å². The summed E-state index contributed by atoms with van der Waals surface area (Å²) in [5, 5.41) is 9.22. The summed E-state index contributed by atoms with van der Waals surface area (Å²) in [7, 11) is 0. The van der Waals surface area contributed by atoms with Gasteiger partial charge in [-0.3, -0.25) is 4.79 Å². The first-order chi connectivity index (χ1) is 14.6. The maximum atomic E-state index is 13.5. The third kappa shape index (κ3) is 3.63. The SMILES string of the molecule is O=C1CCCC2=C1C(c1ccc(Cl)cc1)n1nc(SCc3cccc(F)c3)nc1N2. The minimum Gasteiger partial charge on any atom is -0.328 e. The fourth-order valence-electron chi connectivity index (χ4n) is 3.93. The summed E-state index contributed by atoms with van der Waals surface area (Å²) in [5.74, 6) is 1.05. The number of Topliss-reactive ketones (excluding diaryl/α,β-unsaturated/α-hetero) is 1. The lowest BCUT2D eigenvalue weighted by Crippen LogP contribution is -2.31. The highest BCUT2D eigenvalue weighted by Crippen LogP contribution is 2.40. The van der Waals surface area contributed by atoms with E-state index in [2.05, 4.69) is 15.4 Å². The van der Waals surface area contributed by atoms with Gasteiger partial charge in [0, 0.05) is 28.5 Å². The van der Waals surface area contributed by atoms with Crippen LogP contribution in [0.1, 0.15) is 36.4 Å². The number of hydrogen-bond acceptors (Lipinski definition) is 5. The van der Waals surface area contributed by atoms with Crippen molar-refractivity contribution in [3.63, 3.8) is 0 Å². The molecule has 0 amide bonds. The number of carbonyl (C=O) groups is 1. The van der Waals surface area contributed by atoms with Crippen LogP contribution in [-0.4, -0.2) is 20.5 Å². The molecule has 30 heavy (non-hydrogen) atoms. The third-order valence-corrected chi connectivity index (χ3v) is 6.45. The van der Waals surface area contributed by atoms with Gasteiger partial charge in [0.25, 0.3) is 0 Å².